The van der Waals surface area contributed by atoms with Crippen LogP contribution in [0.5, 0.6) is 0 Å². The molecule has 9 rings (SSSR count). The van der Waals surface area contributed by atoms with Gasteiger partial charge in [-0.3, -0.25) is 14.5 Å². The second-order valence-electron chi connectivity index (χ2n) is 11.7. The third kappa shape index (κ3) is 4.40. The fourth-order valence-electron chi connectivity index (χ4n) is 6.97. The Balaban J connectivity index is 1.55. The molecule has 0 saturated heterocycles. The molecule has 0 atom stereocenters. The summed E-state index contributed by atoms with van der Waals surface area (Å²) in [7, 11) is 0. The summed E-state index contributed by atoms with van der Waals surface area (Å²) >= 11 is 0. The molecule has 4 aromatic heterocycles. The molecule has 0 spiro atoms. The fourth-order valence-corrected chi connectivity index (χ4v) is 6.97. The lowest BCUT2D eigenvalue weighted by Gasteiger charge is -2.14. The zero-order valence-electron chi connectivity index (χ0n) is 26.7. The molecule has 7 nitrogen and oxygen atoms in total. The van der Waals surface area contributed by atoms with Gasteiger partial charge in [0.1, 0.15) is 0 Å². The standard InChI is InChI=1S/C42H29N7/c1-3-16-30-32(4-2)49(42-46-40(27-17-8-5-9-18-27)45-41(47-42)28-19-10-6-11-20-28)39-34(30)36-37(44-26-25-43-36)35-31-23-14-15-24-33(31)48(38(35)39)29-21-12-7-13-22-29/h3-26H,2H2,1H3/b16-3-. The quantitative estimate of drug-likeness (QED) is 0.183. The fraction of sp³-hybridized carbons (Fsp3) is 0.0238. The summed E-state index contributed by atoms with van der Waals surface area (Å²) in [6.45, 7) is 6.35. The number of hydrogen-bond donors (Lipinski definition) is 0. The van der Waals surface area contributed by atoms with E-state index in [0.29, 0.717) is 17.6 Å². The molecule has 0 aliphatic heterocycles. The van der Waals surface area contributed by atoms with Gasteiger partial charge in [-0.25, -0.2) is 4.98 Å². The summed E-state index contributed by atoms with van der Waals surface area (Å²) in [5, 5.41) is 3.04. The number of rotatable bonds is 6. The van der Waals surface area contributed by atoms with Crippen molar-refractivity contribution in [2.24, 2.45) is 0 Å². The first-order valence-electron chi connectivity index (χ1n) is 16.2. The Morgan fingerprint density at radius 3 is 1.76 bits per heavy atom. The Morgan fingerprint density at radius 2 is 1.14 bits per heavy atom. The van der Waals surface area contributed by atoms with Crippen LogP contribution in [0.3, 0.4) is 0 Å². The maximum absolute atomic E-state index is 5.20. The van der Waals surface area contributed by atoms with Gasteiger partial charge in [-0.2, -0.15) is 9.97 Å². The maximum Gasteiger partial charge on any atom is 0.238 e. The molecule has 0 bridgehead atoms. The van der Waals surface area contributed by atoms with Crippen molar-refractivity contribution in [3.63, 3.8) is 0 Å². The van der Waals surface area contributed by atoms with Crippen LogP contribution in [0.15, 0.2) is 140 Å². The Hall–Kier alpha value is -6.73. The SMILES string of the molecule is C=Cc1c(/C=C\C)c2c3nccnc3c3c4ccccc4n(-c4ccccc4)c3c2n1-c1nc(-c2ccccc2)nc(-c2ccccc2)n1. The van der Waals surface area contributed by atoms with E-state index in [4.69, 9.17) is 24.9 Å². The Kier molecular flexibility index (Phi) is 6.69. The number of hydrogen-bond acceptors (Lipinski definition) is 5. The predicted molar refractivity (Wildman–Crippen MR) is 200 cm³/mol. The summed E-state index contributed by atoms with van der Waals surface area (Å²) in [5.74, 6) is 1.64. The van der Waals surface area contributed by atoms with Gasteiger partial charge in [-0.1, -0.05) is 116 Å². The molecule has 9 aromatic rings. The second kappa shape index (κ2) is 11.5. The van der Waals surface area contributed by atoms with Crippen molar-refractivity contribution in [2.75, 3.05) is 0 Å². The molecule has 4 heterocycles. The Morgan fingerprint density at radius 1 is 0.592 bits per heavy atom. The number of para-hydroxylation sites is 2. The van der Waals surface area contributed by atoms with E-state index in [9.17, 15) is 0 Å². The average Bonchev–Trinajstić information content (AvgIpc) is 3.69. The van der Waals surface area contributed by atoms with Crippen molar-refractivity contribution in [2.45, 2.75) is 6.92 Å². The van der Waals surface area contributed by atoms with Gasteiger partial charge in [0.25, 0.3) is 0 Å². The van der Waals surface area contributed by atoms with Crippen molar-refractivity contribution >= 4 is 55.9 Å². The molecule has 0 fully saturated rings. The van der Waals surface area contributed by atoms with Gasteiger partial charge < -0.3 is 4.57 Å². The number of aromatic nitrogens is 7. The Bertz CT molecular complexity index is 2670. The topological polar surface area (TPSA) is 74.3 Å². The first-order chi connectivity index (χ1) is 24.3. The summed E-state index contributed by atoms with van der Waals surface area (Å²) < 4.78 is 4.45. The smallest absolute Gasteiger partial charge is 0.238 e. The molecule has 5 aromatic carbocycles. The molecule has 0 radical (unpaired) electrons. The molecule has 0 N–H and O–H groups in total. The highest BCUT2D eigenvalue weighted by Crippen LogP contribution is 2.45. The third-order valence-corrected chi connectivity index (χ3v) is 8.95. The highest BCUT2D eigenvalue weighted by atomic mass is 15.2. The van der Waals surface area contributed by atoms with Gasteiger partial charge in [0.2, 0.25) is 5.95 Å². The lowest BCUT2D eigenvalue weighted by molar-refractivity contribution is 0.926. The molecular weight excluding hydrogens is 603 g/mol. The molecule has 0 amide bonds. The van der Waals surface area contributed by atoms with E-state index in [2.05, 4.69) is 70.3 Å². The number of nitrogens with zero attached hydrogens (tertiary/aromatic N) is 7. The molecule has 49 heavy (non-hydrogen) atoms. The molecule has 0 aliphatic carbocycles. The van der Waals surface area contributed by atoms with Crippen molar-refractivity contribution < 1.29 is 0 Å². The van der Waals surface area contributed by atoms with E-state index in [1.165, 1.54) is 0 Å². The zero-order chi connectivity index (χ0) is 32.9. The average molecular weight is 632 g/mol. The Labute approximate surface area is 282 Å². The molecule has 0 unspecified atom stereocenters. The van der Waals surface area contributed by atoms with Crippen molar-refractivity contribution in [3.8, 4) is 34.4 Å². The first-order valence-corrected chi connectivity index (χ1v) is 16.2. The maximum atomic E-state index is 5.20. The van der Waals surface area contributed by atoms with E-state index >= 15 is 0 Å². The van der Waals surface area contributed by atoms with Crippen molar-refractivity contribution in [1.29, 1.82) is 0 Å². The third-order valence-electron chi connectivity index (χ3n) is 8.95. The van der Waals surface area contributed by atoms with Gasteiger partial charge in [-0.05, 0) is 31.2 Å². The zero-order valence-corrected chi connectivity index (χ0v) is 26.7. The lowest BCUT2D eigenvalue weighted by Crippen LogP contribution is -2.08. The molecule has 0 aliphatic rings. The van der Waals surface area contributed by atoms with E-state index in [-0.39, 0.29) is 0 Å². The minimum Gasteiger partial charge on any atom is -0.307 e. The van der Waals surface area contributed by atoms with E-state index in [1.54, 1.807) is 12.4 Å². The van der Waals surface area contributed by atoms with E-state index in [0.717, 1.165) is 71.8 Å². The van der Waals surface area contributed by atoms with Crippen molar-refractivity contribution in [3.05, 3.63) is 152 Å². The normalized spacial score (nSPS) is 11.8. The predicted octanol–water partition coefficient (Wildman–Crippen LogP) is 9.87. The van der Waals surface area contributed by atoms with E-state index in [1.807, 2.05) is 85.8 Å². The van der Waals surface area contributed by atoms with Crippen LogP contribution in [0.1, 0.15) is 18.2 Å². The molecular formula is C42H29N7. The van der Waals surface area contributed by atoms with Crippen LogP contribution in [0.4, 0.5) is 0 Å². The van der Waals surface area contributed by atoms with Gasteiger partial charge in [0.15, 0.2) is 11.6 Å². The minimum atomic E-state index is 0.484. The summed E-state index contributed by atoms with van der Waals surface area (Å²) in [4.78, 5) is 25.4. The van der Waals surface area contributed by atoms with Gasteiger partial charge in [-0.15, -0.1) is 0 Å². The van der Waals surface area contributed by atoms with Crippen molar-refractivity contribution in [1.82, 2.24) is 34.1 Å². The van der Waals surface area contributed by atoms with Gasteiger partial charge >= 0.3 is 0 Å². The van der Waals surface area contributed by atoms with E-state index < -0.39 is 0 Å². The monoisotopic (exact) mass is 631 g/mol. The van der Waals surface area contributed by atoms with Crippen LogP contribution in [0.25, 0.3) is 90.3 Å². The van der Waals surface area contributed by atoms with Crippen LogP contribution in [0.2, 0.25) is 0 Å². The second-order valence-corrected chi connectivity index (χ2v) is 11.7. The molecule has 7 heteroatoms. The summed E-state index contributed by atoms with van der Waals surface area (Å²) in [6.07, 6.45) is 9.57. The van der Waals surface area contributed by atoms with Crippen LogP contribution >= 0.6 is 0 Å². The molecule has 232 valence electrons. The number of benzene rings is 5. The number of allylic oxidation sites excluding steroid dienone is 1. The first kappa shape index (κ1) is 28.5. The summed E-state index contributed by atoms with van der Waals surface area (Å²) in [5.41, 5.74) is 9.24. The largest absolute Gasteiger partial charge is 0.307 e. The van der Waals surface area contributed by atoms with Gasteiger partial charge in [0, 0.05) is 50.9 Å². The van der Waals surface area contributed by atoms with Gasteiger partial charge in [0.05, 0.1) is 33.3 Å². The highest BCUT2D eigenvalue weighted by molar-refractivity contribution is 6.31. The van der Waals surface area contributed by atoms with Crippen LogP contribution in [0, 0.1) is 0 Å². The highest BCUT2D eigenvalue weighted by Gasteiger charge is 2.28. The number of fused-ring (bicyclic) bond motifs is 8. The van der Waals surface area contributed by atoms with Crippen LogP contribution in [-0.2, 0) is 0 Å². The van der Waals surface area contributed by atoms with Crippen LogP contribution < -0.4 is 0 Å². The summed E-state index contributed by atoms with van der Waals surface area (Å²) in [6, 6.07) is 39.0. The lowest BCUT2D eigenvalue weighted by atomic mass is 10.0. The minimum absolute atomic E-state index is 0.484. The van der Waals surface area contributed by atoms with Crippen LogP contribution in [-0.4, -0.2) is 34.1 Å². The molecule has 0 saturated carbocycles.